The highest BCUT2D eigenvalue weighted by molar-refractivity contribution is 7.89. The molecule has 0 heterocycles. The molecule has 8 heteroatoms. The lowest BCUT2D eigenvalue weighted by Crippen LogP contribution is -2.34. The van der Waals surface area contributed by atoms with Gasteiger partial charge in [0.05, 0.1) is 15.9 Å². The second-order valence-corrected chi connectivity index (χ2v) is 7.68. The fraction of sp³-hybridized carbons (Fsp3) is 0.625. The normalized spacial score (nSPS) is 13.2. The first-order valence-electron chi connectivity index (χ1n) is 8.25. The molecule has 1 N–H and O–H groups in total. The predicted molar refractivity (Wildman–Crippen MR) is 92.3 cm³/mol. The number of rotatable bonds is 11. The van der Waals surface area contributed by atoms with Gasteiger partial charge in [-0.25, -0.2) is 8.42 Å². The van der Waals surface area contributed by atoms with Crippen LogP contribution in [-0.4, -0.2) is 41.9 Å². The van der Waals surface area contributed by atoms with Crippen molar-refractivity contribution >= 4 is 15.7 Å². The molecule has 24 heavy (non-hydrogen) atoms. The summed E-state index contributed by atoms with van der Waals surface area (Å²) in [5.74, 6) is 0. The van der Waals surface area contributed by atoms with Gasteiger partial charge < -0.3 is 5.11 Å². The van der Waals surface area contributed by atoms with Crippen LogP contribution in [0.3, 0.4) is 0 Å². The summed E-state index contributed by atoms with van der Waals surface area (Å²) in [4.78, 5) is 10.1. The summed E-state index contributed by atoms with van der Waals surface area (Å²) < 4.78 is 26.7. The Labute approximate surface area is 143 Å². The van der Waals surface area contributed by atoms with Gasteiger partial charge in [0.15, 0.2) is 0 Å². The highest BCUT2D eigenvalue weighted by Gasteiger charge is 2.24. The van der Waals surface area contributed by atoms with Gasteiger partial charge in [-0.15, -0.1) is 0 Å². The van der Waals surface area contributed by atoms with Gasteiger partial charge in [-0.05, 0) is 31.4 Å². The molecule has 0 bridgehead atoms. The van der Waals surface area contributed by atoms with Crippen molar-refractivity contribution in [1.29, 1.82) is 0 Å². The Hall–Kier alpha value is -1.51. The van der Waals surface area contributed by atoms with E-state index in [0.717, 1.165) is 12.8 Å². The maximum absolute atomic E-state index is 12.7. The molecular formula is C16H26N2O5S. The van der Waals surface area contributed by atoms with Crippen molar-refractivity contribution < 1.29 is 18.4 Å². The largest absolute Gasteiger partial charge is 0.393 e. The monoisotopic (exact) mass is 358 g/mol. The Balaban J connectivity index is 2.86. The maximum Gasteiger partial charge on any atom is 0.269 e. The third kappa shape index (κ3) is 5.85. The molecule has 0 saturated heterocycles. The van der Waals surface area contributed by atoms with E-state index in [-0.39, 0.29) is 17.1 Å². The molecule has 0 aliphatic heterocycles. The molecule has 0 aliphatic rings. The molecule has 1 atom stereocenters. The average Bonchev–Trinajstić information content (AvgIpc) is 2.56. The second-order valence-electron chi connectivity index (χ2n) is 5.74. The molecule has 0 radical (unpaired) electrons. The van der Waals surface area contributed by atoms with Crippen molar-refractivity contribution in [2.24, 2.45) is 0 Å². The molecule has 1 aromatic carbocycles. The number of unbranched alkanes of at least 4 members (excludes halogenated alkanes) is 1. The van der Waals surface area contributed by atoms with E-state index in [1.54, 1.807) is 0 Å². The van der Waals surface area contributed by atoms with Crippen molar-refractivity contribution in [1.82, 2.24) is 4.31 Å². The van der Waals surface area contributed by atoms with Crippen molar-refractivity contribution in [2.75, 3.05) is 13.1 Å². The number of nitrogens with zero attached hydrogens (tertiary/aromatic N) is 2. The third-order valence-electron chi connectivity index (χ3n) is 3.76. The number of aliphatic hydroxyl groups excluding tert-OH is 1. The van der Waals surface area contributed by atoms with Gasteiger partial charge in [0.1, 0.15) is 0 Å². The summed E-state index contributed by atoms with van der Waals surface area (Å²) in [6, 6.07) is 4.88. The highest BCUT2D eigenvalue weighted by atomic mass is 32.2. The van der Waals surface area contributed by atoms with Crippen LogP contribution >= 0.6 is 0 Å². The van der Waals surface area contributed by atoms with Crippen LogP contribution in [0.5, 0.6) is 0 Å². The Morgan fingerprint density at radius 1 is 1.12 bits per heavy atom. The topological polar surface area (TPSA) is 101 Å². The van der Waals surface area contributed by atoms with Crippen molar-refractivity contribution in [3.63, 3.8) is 0 Å². The Kier molecular flexibility index (Phi) is 8.30. The lowest BCUT2D eigenvalue weighted by molar-refractivity contribution is -0.384. The molecule has 1 aromatic rings. The van der Waals surface area contributed by atoms with Gasteiger partial charge in [-0.1, -0.05) is 26.7 Å². The number of hydrogen-bond acceptors (Lipinski definition) is 5. The summed E-state index contributed by atoms with van der Waals surface area (Å²) in [5, 5.41) is 20.6. The van der Waals surface area contributed by atoms with E-state index in [9.17, 15) is 23.6 Å². The number of sulfonamides is 1. The summed E-state index contributed by atoms with van der Waals surface area (Å²) in [6.07, 6.45) is 3.06. The van der Waals surface area contributed by atoms with E-state index in [4.69, 9.17) is 0 Å². The molecule has 0 spiro atoms. The van der Waals surface area contributed by atoms with E-state index in [2.05, 4.69) is 0 Å². The Morgan fingerprint density at radius 3 is 2.25 bits per heavy atom. The molecule has 0 aromatic heterocycles. The standard InChI is InChI=1S/C16H26N2O5S/c1-3-5-6-15(19)11-13-17(12-4-2)24(22,23)16-9-7-14(8-10-16)18(20)21/h7-10,15,19H,3-6,11-13H2,1-2H3. The molecule has 0 fully saturated rings. The number of benzene rings is 1. The molecule has 136 valence electrons. The second kappa shape index (κ2) is 9.71. The molecule has 0 amide bonds. The maximum atomic E-state index is 12.7. The minimum atomic E-state index is -3.72. The Morgan fingerprint density at radius 2 is 1.75 bits per heavy atom. The van der Waals surface area contributed by atoms with Crippen LogP contribution in [0.15, 0.2) is 29.2 Å². The van der Waals surface area contributed by atoms with Gasteiger partial charge in [-0.3, -0.25) is 10.1 Å². The first kappa shape index (κ1) is 20.5. The first-order chi connectivity index (χ1) is 11.3. The molecule has 1 rings (SSSR count). The molecule has 7 nitrogen and oxygen atoms in total. The number of aliphatic hydroxyl groups is 1. The SMILES string of the molecule is CCCCC(O)CCN(CCC)S(=O)(=O)c1ccc([N+](=O)[O-])cc1. The average molecular weight is 358 g/mol. The van der Waals surface area contributed by atoms with Gasteiger partial charge in [0.25, 0.3) is 5.69 Å². The molecule has 1 unspecified atom stereocenters. The fourth-order valence-corrected chi connectivity index (χ4v) is 3.91. The van der Waals surface area contributed by atoms with Crippen LogP contribution < -0.4 is 0 Å². The number of hydrogen-bond donors (Lipinski definition) is 1. The predicted octanol–water partition coefficient (Wildman–Crippen LogP) is 2.94. The van der Waals surface area contributed by atoms with Crippen LogP contribution in [0.4, 0.5) is 5.69 Å². The highest BCUT2D eigenvalue weighted by Crippen LogP contribution is 2.20. The number of non-ortho nitro benzene ring substituents is 1. The zero-order valence-electron chi connectivity index (χ0n) is 14.2. The van der Waals surface area contributed by atoms with Crippen LogP contribution in [0, 0.1) is 10.1 Å². The van der Waals surface area contributed by atoms with E-state index >= 15 is 0 Å². The van der Waals surface area contributed by atoms with Crippen LogP contribution in [0.25, 0.3) is 0 Å². The third-order valence-corrected chi connectivity index (χ3v) is 5.67. The molecular weight excluding hydrogens is 332 g/mol. The smallest absolute Gasteiger partial charge is 0.269 e. The summed E-state index contributed by atoms with van der Waals surface area (Å²) in [6.45, 7) is 4.50. The lowest BCUT2D eigenvalue weighted by atomic mass is 10.1. The quantitative estimate of drug-likeness (QED) is 0.484. The van der Waals surface area contributed by atoms with E-state index in [1.165, 1.54) is 28.6 Å². The van der Waals surface area contributed by atoms with Crippen LogP contribution in [-0.2, 0) is 10.0 Å². The summed E-state index contributed by atoms with van der Waals surface area (Å²) in [5.41, 5.74) is -0.147. The number of nitro groups is 1. The lowest BCUT2D eigenvalue weighted by Gasteiger charge is -2.23. The summed E-state index contributed by atoms with van der Waals surface area (Å²) in [7, 11) is -3.72. The van der Waals surface area contributed by atoms with Crippen LogP contribution in [0.2, 0.25) is 0 Å². The van der Waals surface area contributed by atoms with Gasteiger partial charge in [0, 0.05) is 25.2 Å². The van der Waals surface area contributed by atoms with Gasteiger partial charge in [0.2, 0.25) is 10.0 Å². The van der Waals surface area contributed by atoms with Crippen LogP contribution in [0.1, 0.15) is 46.0 Å². The fourth-order valence-electron chi connectivity index (χ4n) is 2.37. The van der Waals surface area contributed by atoms with Crippen molar-refractivity contribution in [2.45, 2.75) is 57.0 Å². The Bertz CT molecular complexity index is 616. The van der Waals surface area contributed by atoms with Crippen molar-refractivity contribution in [3.8, 4) is 0 Å². The van der Waals surface area contributed by atoms with E-state index in [1.807, 2.05) is 13.8 Å². The molecule has 0 saturated carbocycles. The zero-order valence-corrected chi connectivity index (χ0v) is 15.0. The summed E-state index contributed by atoms with van der Waals surface area (Å²) >= 11 is 0. The zero-order chi connectivity index (χ0) is 18.2. The van der Waals surface area contributed by atoms with E-state index < -0.39 is 21.1 Å². The van der Waals surface area contributed by atoms with Gasteiger partial charge >= 0.3 is 0 Å². The first-order valence-corrected chi connectivity index (χ1v) is 9.69. The molecule has 0 aliphatic carbocycles. The van der Waals surface area contributed by atoms with E-state index in [0.29, 0.717) is 25.8 Å². The van der Waals surface area contributed by atoms with Crippen molar-refractivity contribution in [3.05, 3.63) is 34.4 Å². The minimum absolute atomic E-state index is 0.0320. The number of nitro benzene ring substituents is 1. The van der Waals surface area contributed by atoms with Gasteiger partial charge in [-0.2, -0.15) is 4.31 Å². The minimum Gasteiger partial charge on any atom is -0.393 e.